The average Bonchev–Trinajstić information content (AvgIpc) is 2.42. The molecule has 0 saturated carbocycles. The molecule has 0 aromatic rings. The SMILES string of the molecule is CC(O)C(=O)OC(O)(CCCCCCCO)OC(=O)C(C)O. The molecule has 8 heteroatoms. The first-order chi connectivity index (χ1) is 10.2. The summed E-state index contributed by atoms with van der Waals surface area (Å²) >= 11 is 0. The Balaban J connectivity index is 4.51. The maximum Gasteiger partial charge on any atom is 0.373 e. The summed E-state index contributed by atoms with van der Waals surface area (Å²) in [6.07, 6.45) is 0.202. The molecule has 0 fully saturated rings. The van der Waals surface area contributed by atoms with E-state index in [0.29, 0.717) is 19.3 Å². The second-order valence-corrected chi connectivity index (χ2v) is 5.15. The zero-order valence-electron chi connectivity index (χ0n) is 13.0. The minimum Gasteiger partial charge on any atom is -0.396 e. The van der Waals surface area contributed by atoms with E-state index < -0.39 is 30.1 Å². The lowest BCUT2D eigenvalue weighted by Gasteiger charge is -2.28. The Morgan fingerprint density at radius 2 is 1.32 bits per heavy atom. The number of hydrogen-bond donors (Lipinski definition) is 4. The molecule has 0 spiro atoms. The van der Waals surface area contributed by atoms with E-state index in [1.54, 1.807) is 0 Å². The zero-order chi connectivity index (χ0) is 17.2. The number of hydrogen-bond acceptors (Lipinski definition) is 8. The van der Waals surface area contributed by atoms with Gasteiger partial charge in [-0.2, -0.15) is 0 Å². The van der Waals surface area contributed by atoms with Crippen molar-refractivity contribution < 1.29 is 39.5 Å². The Bertz CT molecular complexity index is 318. The van der Waals surface area contributed by atoms with E-state index in [2.05, 4.69) is 9.47 Å². The topological polar surface area (TPSA) is 134 Å². The Kier molecular flexibility index (Phi) is 9.91. The van der Waals surface area contributed by atoms with Crippen LogP contribution in [0.4, 0.5) is 0 Å². The van der Waals surface area contributed by atoms with Gasteiger partial charge in [0.2, 0.25) is 0 Å². The molecule has 130 valence electrons. The van der Waals surface area contributed by atoms with Crippen LogP contribution in [0.2, 0.25) is 0 Å². The first kappa shape index (κ1) is 20.8. The normalized spacial score (nSPS) is 16.5. The summed E-state index contributed by atoms with van der Waals surface area (Å²) in [6, 6.07) is 0. The molecule has 8 nitrogen and oxygen atoms in total. The lowest BCUT2D eigenvalue weighted by atomic mass is 10.1. The van der Waals surface area contributed by atoms with Crippen LogP contribution in [-0.2, 0) is 19.1 Å². The summed E-state index contributed by atoms with van der Waals surface area (Å²) in [6.45, 7) is 2.41. The monoisotopic (exact) mass is 322 g/mol. The number of carbonyl (C=O) groups excluding carboxylic acids is 2. The van der Waals surface area contributed by atoms with Gasteiger partial charge >= 0.3 is 17.9 Å². The molecule has 0 aromatic carbocycles. The largest absolute Gasteiger partial charge is 0.396 e. The predicted octanol–water partition coefficient (Wildman–Crippen LogP) is -0.187. The molecule has 0 aliphatic heterocycles. The van der Waals surface area contributed by atoms with Crippen molar-refractivity contribution in [2.24, 2.45) is 0 Å². The van der Waals surface area contributed by atoms with Crippen molar-refractivity contribution in [2.45, 2.75) is 70.6 Å². The van der Waals surface area contributed by atoms with Crippen molar-refractivity contribution in [1.29, 1.82) is 0 Å². The third-order valence-corrected chi connectivity index (χ3v) is 2.85. The van der Waals surface area contributed by atoms with E-state index >= 15 is 0 Å². The van der Waals surface area contributed by atoms with Gasteiger partial charge in [0, 0.05) is 6.61 Å². The van der Waals surface area contributed by atoms with Gasteiger partial charge in [-0.25, -0.2) is 9.59 Å². The molecule has 2 atom stereocenters. The first-order valence-corrected chi connectivity index (χ1v) is 7.37. The second-order valence-electron chi connectivity index (χ2n) is 5.15. The molecule has 22 heavy (non-hydrogen) atoms. The average molecular weight is 322 g/mol. The number of esters is 2. The lowest BCUT2D eigenvalue weighted by Crippen LogP contribution is -2.44. The van der Waals surface area contributed by atoms with Crippen molar-refractivity contribution >= 4 is 11.9 Å². The highest BCUT2D eigenvalue weighted by Crippen LogP contribution is 2.21. The standard InChI is InChI=1S/C14H26O8/c1-10(16)12(18)21-14(20,22-13(19)11(2)17)8-6-4-3-5-7-9-15/h10-11,15-17,20H,3-9H2,1-2H3. The quantitative estimate of drug-likeness (QED) is 0.234. The van der Waals surface area contributed by atoms with Crippen LogP contribution in [0, 0.1) is 0 Å². The van der Waals surface area contributed by atoms with Crippen molar-refractivity contribution in [3.8, 4) is 0 Å². The summed E-state index contributed by atoms with van der Waals surface area (Å²) in [5.41, 5.74) is 0. The van der Waals surface area contributed by atoms with Crippen molar-refractivity contribution in [2.75, 3.05) is 6.61 Å². The molecule has 4 N–H and O–H groups in total. The summed E-state index contributed by atoms with van der Waals surface area (Å²) in [7, 11) is 0. The van der Waals surface area contributed by atoms with Gasteiger partial charge in [0.1, 0.15) is 12.2 Å². The van der Waals surface area contributed by atoms with Gasteiger partial charge in [-0.3, -0.25) is 0 Å². The summed E-state index contributed by atoms with van der Waals surface area (Å²) < 4.78 is 9.24. The second kappa shape index (κ2) is 10.5. The Morgan fingerprint density at radius 1 is 0.909 bits per heavy atom. The number of rotatable bonds is 11. The van der Waals surface area contributed by atoms with E-state index in [1.165, 1.54) is 0 Å². The molecule has 0 aliphatic rings. The highest BCUT2D eigenvalue weighted by Gasteiger charge is 2.38. The van der Waals surface area contributed by atoms with Crippen molar-refractivity contribution in [3.63, 3.8) is 0 Å². The maximum absolute atomic E-state index is 11.4. The number of carbonyl (C=O) groups is 2. The number of aliphatic hydroxyl groups excluding tert-OH is 3. The smallest absolute Gasteiger partial charge is 0.373 e. The molecule has 0 saturated heterocycles. The van der Waals surface area contributed by atoms with E-state index in [0.717, 1.165) is 26.7 Å². The fourth-order valence-corrected chi connectivity index (χ4v) is 1.60. The van der Waals surface area contributed by atoms with Gasteiger partial charge < -0.3 is 29.9 Å². The van der Waals surface area contributed by atoms with E-state index in [-0.39, 0.29) is 13.0 Å². The van der Waals surface area contributed by atoms with Gasteiger partial charge in [0.15, 0.2) is 0 Å². The van der Waals surface area contributed by atoms with E-state index in [9.17, 15) is 14.7 Å². The highest BCUT2D eigenvalue weighted by molar-refractivity contribution is 5.76. The molecule has 0 aliphatic carbocycles. The van der Waals surface area contributed by atoms with Crippen LogP contribution in [0.15, 0.2) is 0 Å². The van der Waals surface area contributed by atoms with E-state index in [1.807, 2.05) is 0 Å². The third kappa shape index (κ3) is 8.93. The number of aliphatic hydroxyl groups is 4. The Labute approximate surface area is 129 Å². The van der Waals surface area contributed by atoms with Gasteiger partial charge in [0.05, 0.1) is 6.42 Å². The van der Waals surface area contributed by atoms with Crippen molar-refractivity contribution in [3.05, 3.63) is 0 Å². The summed E-state index contributed by atoms with van der Waals surface area (Å²) in [5, 5.41) is 37.0. The Morgan fingerprint density at radius 3 is 1.73 bits per heavy atom. The van der Waals surface area contributed by atoms with Crippen LogP contribution >= 0.6 is 0 Å². The first-order valence-electron chi connectivity index (χ1n) is 7.37. The summed E-state index contributed by atoms with van der Waals surface area (Å²) in [5.74, 6) is -4.79. The molecular weight excluding hydrogens is 296 g/mol. The fraction of sp³-hybridized carbons (Fsp3) is 0.857. The van der Waals surface area contributed by atoms with Crippen LogP contribution < -0.4 is 0 Å². The maximum atomic E-state index is 11.4. The number of ether oxygens (including phenoxy) is 2. The number of unbranched alkanes of at least 4 members (excludes halogenated alkanes) is 4. The van der Waals surface area contributed by atoms with E-state index in [4.69, 9.17) is 15.3 Å². The minimum absolute atomic E-state index is 0.113. The minimum atomic E-state index is -2.51. The van der Waals surface area contributed by atoms with Crippen LogP contribution in [0.3, 0.4) is 0 Å². The lowest BCUT2D eigenvalue weighted by molar-refractivity contribution is -0.332. The molecule has 0 rings (SSSR count). The summed E-state index contributed by atoms with van der Waals surface area (Å²) in [4.78, 5) is 22.7. The molecule has 0 radical (unpaired) electrons. The molecule has 0 bridgehead atoms. The molecule has 0 heterocycles. The van der Waals surface area contributed by atoms with Gasteiger partial charge in [0.25, 0.3) is 0 Å². The van der Waals surface area contributed by atoms with Crippen LogP contribution in [-0.4, -0.2) is 57.2 Å². The van der Waals surface area contributed by atoms with Crippen molar-refractivity contribution in [1.82, 2.24) is 0 Å². The van der Waals surface area contributed by atoms with Crippen LogP contribution in [0.1, 0.15) is 52.4 Å². The Hall–Kier alpha value is -1.22. The highest BCUT2D eigenvalue weighted by atomic mass is 16.8. The van der Waals surface area contributed by atoms with Gasteiger partial charge in [-0.15, -0.1) is 0 Å². The zero-order valence-corrected chi connectivity index (χ0v) is 13.0. The third-order valence-electron chi connectivity index (χ3n) is 2.85. The molecular formula is C14H26O8. The molecule has 2 unspecified atom stereocenters. The van der Waals surface area contributed by atoms with Crippen LogP contribution in [0.5, 0.6) is 0 Å². The predicted molar refractivity (Wildman–Crippen MR) is 75.3 cm³/mol. The van der Waals surface area contributed by atoms with Crippen LogP contribution in [0.25, 0.3) is 0 Å². The fourth-order valence-electron chi connectivity index (χ4n) is 1.60. The van der Waals surface area contributed by atoms with Gasteiger partial charge in [-0.05, 0) is 26.7 Å². The molecule has 0 aromatic heterocycles. The molecule has 0 amide bonds. The van der Waals surface area contributed by atoms with Gasteiger partial charge in [-0.1, -0.05) is 19.3 Å².